The van der Waals surface area contributed by atoms with E-state index >= 15 is 0 Å². The average Bonchev–Trinajstić information content (AvgIpc) is 2.39. The fourth-order valence-electron chi connectivity index (χ4n) is 3.50. The first-order chi connectivity index (χ1) is 9.43. The van der Waals surface area contributed by atoms with Crippen LogP contribution in [0.1, 0.15) is 32.3 Å². The number of ether oxygens (including phenoxy) is 1. The van der Waals surface area contributed by atoms with E-state index in [1.54, 1.807) is 0 Å². The molecule has 0 amide bonds. The predicted octanol–water partition coefficient (Wildman–Crippen LogP) is 2.64. The van der Waals surface area contributed by atoms with Crippen molar-refractivity contribution < 1.29 is 14.2 Å². The molecule has 1 fully saturated rings. The molecule has 1 aromatic rings. The number of aliphatic hydroxyl groups excluding tert-OH is 1. The summed E-state index contributed by atoms with van der Waals surface area (Å²) >= 11 is 0. The molecule has 2 unspecified atom stereocenters. The van der Waals surface area contributed by atoms with E-state index in [1.807, 2.05) is 12.1 Å². The van der Waals surface area contributed by atoms with E-state index in [0.29, 0.717) is 13.2 Å². The van der Waals surface area contributed by atoms with Crippen LogP contribution in [0.3, 0.4) is 0 Å². The van der Waals surface area contributed by atoms with Gasteiger partial charge in [0.2, 0.25) is 0 Å². The minimum Gasteiger partial charge on any atom is -0.396 e. The van der Waals surface area contributed by atoms with Crippen molar-refractivity contribution in [3.8, 4) is 0 Å². The first-order valence-electron chi connectivity index (χ1n) is 7.14. The van der Waals surface area contributed by atoms with E-state index < -0.39 is 0 Å². The molecule has 0 aliphatic carbocycles. The molecule has 2 atom stereocenters. The normalized spacial score (nSPS) is 26.0. The number of aliphatic hydroxyl groups is 1. The Hall–Kier alpha value is -0.680. The molecule has 1 aliphatic rings. The molecule has 120 valence electrons. The highest BCUT2D eigenvalue weighted by Gasteiger charge is 2.46. The zero-order chi connectivity index (χ0) is 14.8. The molecule has 0 spiro atoms. The number of benzene rings is 1. The summed E-state index contributed by atoms with van der Waals surface area (Å²) in [7, 11) is 0. The highest BCUT2D eigenvalue weighted by molar-refractivity contribution is 5.85. The molecule has 2 rings (SSSR count). The van der Waals surface area contributed by atoms with Gasteiger partial charge in [-0.05, 0) is 50.9 Å². The summed E-state index contributed by atoms with van der Waals surface area (Å²) in [6.45, 7) is 5.17. The number of rotatable bonds is 4. The number of nitrogens with two attached hydrogens (primary N) is 1. The Morgan fingerprint density at radius 2 is 1.95 bits per heavy atom. The molecular weight excluding hydrogens is 293 g/mol. The standard InChI is InChI=1S/C16H24FNO2.ClH/c1-15(2)11-16(7-8-20-15,13(9-18)10-19)12-3-5-14(17)6-4-12;/h3-6,13,19H,7-11,18H2,1-2H3;1H. The van der Waals surface area contributed by atoms with Gasteiger partial charge in [0.05, 0.1) is 5.60 Å². The Labute approximate surface area is 132 Å². The second kappa shape index (κ2) is 7.05. The second-order valence-corrected chi connectivity index (χ2v) is 6.31. The average molecular weight is 318 g/mol. The van der Waals surface area contributed by atoms with Crippen LogP contribution in [0.4, 0.5) is 4.39 Å². The first-order valence-corrected chi connectivity index (χ1v) is 7.14. The van der Waals surface area contributed by atoms with Gasteiger partial charge < -0.3 is 15.6 Å². The third-order valence-electron chi connectivity index (χ3n) is 4.49. The van der Waals surface area contributed by atoms with Crippen LogP contribution < -0.4 is 5.73 Å². The molecule has 1 heterocycles. The van der Waals surface area contributed by atoms with E-state index in [1.165, 1.54) is 12.1 Å². The maximum atomic E-state index is 13.2. The van der Waals surface area contributed by atoms with Crippen LogP contribution in [0.25, 0.3) is 0 Å². The van der Waals surface area contributed by atoms with Gasteiger partial charge in [-0.1, -0.05) is 12.1 Å². The highest BCUT2D eigenvalue weighted by Crippen LogP contribution is 2.46. The fraction of sp³-hybridized carbons (Fsp3) is 0.625. The summed E-state index contributed by atoms with van der Waals surface area (Å²) in [6, 6.07) is 6.58. The van der Waals surface area contributed by atoms with E-state index in [4.69, 9.17) is 10.5 Å². The van der Waals surface area contributed by atoms with E-state index in [-0.39, 0.29) is 41.8 Å². The molecule has 0 aromatic heterocycles. The van der Waals surface area contributed by atoms with Crippen LogP contribution in [0.15, 0.2) is 24.3 Å². The van der Waals surface area contributed by atoms with Gasteiger partial charge in [0.25, 0.3) is 0 Å². The lowest BCUT2D eigenvalue weighted by atomic mass is 9.62. The van der Waals surface area contributed by atoms with E-state index in [9.17, 15) is 9.50 Å². The minimum atomic E-state index is -0.269. The molecule has 1 aliphatic heterocycles. The van der Waals surface area contributed by atoms with E-state index in [2.05, 4.69) is 13.8 Å². The Morgan fingerprint density at radius 3 is 2.43 bits per heavy atom. The maximum absolute atomic E-state index is 13.2. The Balaban J connectivity index is 0.00000220. The summed E-state index contributed by atoms with van der Waals surface area (Å²) < 4.78 is 19.0. The van der Waals surface area contributed by atoms with Gasteiger partial charge in [-0.3, -0.25) is 0 Å². The van der Waals surface area contributed by atoms with Crippen LogP contribution in [0.2, 0.25) is 0 Å². The summed E-state index contributed by atoms with van der Waals surface area (Å²) in [5.74, 6) is -0.292. The van der Waals surface area contributed by atoms with Crippen LogP contribution in [-0.4, -0.2) is 30.5 Å². The Bertz CT molecular complexity index is 448. The van der Waals surface area contributed by atoms with Crippen LogP contribution in [0.5, 0.6) is 0 Å². The Kier molecular flexibility index (Phi) is 6.17. The van der Waals surface area contributed by atoms with Crippen molar-refractivity contribution in [1.82, 2.24) is 0 Å². The summed E-state index contributed by atoms with van der Waals surface area (Å²) in [5.41, 5.74) is 6.40. The topological polar surface area (TPSA) is 55.5 Å². The van der Waals surface area contributed by atoms with Gasteiger partial charge in [0, 0.05) is 24.5 Å². The number of hydrogen-bond donors (Lipinski definition) is 2. The molecule has 5 heteroatoms. The minimum absolute atomic E-state index is 0. The molecule has 0 bridgehead atoms. The zero-order valence-electron chi connectivity index (χ0n) is 12.6. The molecule has 1 saturated heterocycles. The Morgan fingerprint density at radius 1 is 1.33 bits per heavy atom. The van der Waals surface area contributed by atoms with E-state index in [0.717, 1.165) is 18.4 Å². The third-order valence-corrected chi connectivity index (χ3v) is 4.49. The summed E-state index contributed by atoms with van der Waals surface area (Å²) in [6.07, 6.45) is 1.57. The van der Waals surface area contributed by atoms with Crippen molar-refractivity contribution in [2.75, 3.05) is 19.8 Å². The quantitative estimate of drug-likeness (QED) is 0.897. The molecule has 0 radical (unpaired) electrons. The lowest BCUT2D eigenvalue weighted by Crippen LogP contribution is -2.51. The summed E-state index contributed by atoms with van der Waals surface area (Å²) in [5, 5.41) is 9.73. The van der Waals surface area contributed by atoms with Crippen LogP contribution in [-0.2, 0) is 10.2 Å². The van der Waals surface area contributed by atoms with Crippen molar-refractivity contribution in [1.29, 1.82) is 0 Å². The molecule has 3 nitrogen and oxygen atoms in total. The largest absolute Gasteiger partial charge is 0.396 e. The van der Waals surface area contributed by atoms with Gasteiger partial charge in [-0.2, -0.15) is 0 Å². The molecule has 1 aromatic carbocycles. The molecule has 0 saturated carbocycles. The molecular formula is C16H25ClFNO2. The molecule has 3 N–H and O–H groups in total. The van der Waals surface area contributed by atoms with Crippen molar-refractivity contribution in [2.24, 2.45) is 11.7 Å². The predicted molar refractivity (Wildman–Crippen MR) is 84.2 cm³/mol. The highest BCUT2D eigenvalue weighted by atomic mass is 35.5. The fourth-order valence-corrected chi connectivity index (χ4v) is 3.50. The van der Waals surface area contributed by atoms with Crippen molar-refractivity contribution in [3.05, 3.63) is 35.6 Å². The lowest BCUT2D eigenvalue weighted by molar-refractivity contribution is -0.0983. The van der Waals surface area contributed by atoms with Crippen molar-refractivity contribution in [2.45, 2.75) is 37.7 Å². The third kappa shape index (κ3) is 3.75. The van der Waals surface area contributed by atoms with Crippen LogP contribution in [0, 0.1) is 11.7 Å². The smallest absolute Gasteiger partial charge is 0.123 e. The second-order valence-electron chi connectivity index (χ2n) is 6.31. The van der Waals surface area contributed by atoms with Gasteiger partial charge >= 0.3 is 0 Å². The van der Waals surface area contributed by atoms with Gasteiger partial charge in [0.15, 0.2) is 0 Å². The number of halogens is 2. The van der Waals surface area contributed by atoms with Crippen molar-refractivity contribution in [3.63, 3.8) is 0 Å². The van der Waals surface area contributed by atoms with Gasteiger partial charge in [0.1, 0.15) is 5.82 Å². The van der Waals surface area contributed by atoms with Crippen molar-refractivity contribution >= 4 is 12.4 Å². The zero-order valence-corrected chi connectivity index (χ0v) is 13.5. The first kappa shape index (κ1) is 18.4. The maximum Gasteiger partial charge on any atom is 0.123 e. The SMILES string of the molecule is CC1(C)CC(c2ccc(F)cc2)(C(CN)CO)CCO1.Cl. The van der Waals surface area contributed by atoms with Gasteiger partial charge in [-0.25, -0.2) is 4.39 Å². The van der Waals surface area contributed by atoms with Crippen LogP contribution >= 0.6 is 12.4 Å². The lowest BCUT2D eigenvalue weighted by Gasteiger charge is -2.49. The van der Waals surface area contributed by atoms with Gasteiger partial charge in [-0.15, -0.1) is 12.4 Å². The summed E-state index contributed by atoms with van der Waals surface area (Å²) in [4.78, 5) is 0. The molecule has 21 heavy (non-hydrogen) atoms. The monoisotopic (exact) mass is 317 g/mol. The number of hydrogen-bond acceptors (Lipinski definition) is 3.